The van der Waals surface area contributed by atoms with Gasteiger partial charge >= 0.3 is 0 Å². The maximum absolute atomic E-state index is 7.28. The standard InChI is InChI=1S/C12H17NO/c1-8(2)11-6-10(7-13)9(3)5-12(11)14-4/h5-8,13H,1-4H3. The molecule has 0 saturated heterocycles. The van der Waals surface area contributed by atoms with Crippen molar-refractivity contribution < 1.29 is 4.74 Å². The van der Waals surface area contributed by atoms with Gasteiger partial charge in [-0.25, -0.2) is 0 Å². The van der Waals surface area contributed by atoms with E-state index in [2.05, 4.69) is 13.8 Å². The zero-order valence-corrected chi connectivity index (χ0v) is 9.22. The number of nitrogens with one attached hydrogen (secondary N) is 1. The Hall–Kier alpha value is -1.31. The summed E-state index contributed by atoms with van der Waals surface area (Å²) >= 11 is 0. The first-order valence-corrected chi connectivity index (χ1v) is 4.79. The predicted molar refractivity (Wildman–Crippen MR) is 59.7 cm³/mol. The van der Waals surface area contributed by atoms with Crippen molar-refractivity contribution >= 4 is 6.21 Å². The van der Waals surface area contributed by atoms with E-state index in [1.807, 2.05) is 19.1 Å². The van der Waals surface area contributed by atoms with Crippen LogP contribution in [0.4, 0.5) is 0 Å². The van der Waals surface area contributed by atoms with Crippen molar-refractivity contribution in [3.63, 3.8) is 0 Å². The third-order valence-corrected chi connectivity index (χ3v) is 2.40. The van der Waals surface area contributed by atoms with Gasteiger partial charge in [0.2, 0.25) is 0 Å². The second-order valence-corrected chi connectivity index (χ2v) is 3.75. The molecule has 76 valence electrons. The molecule has 0 aliphatic carbocycles. The molecule has 14 heavy (non-hydrogen) atoms. The Balaban J connectivity index is 3.32. The van der Waals surface area contributed by atoms with E-state index in [1.54, 1.807) is 7.11 Å². The number of methoxy groups -OCH3 is 1. The monoisotopic (exact) mass is 191 g/mol. The Morgan fingerprint density at radius 2 is 2.00 bits per heavy atom. The van der Waals surface area contributed by atoms with Crippen LogP contribution >= 0.6 is 0 Å². The molecule has 0 saturated carbocycles. The molecule has 0 bridgehead atoms. The molecule has 2 heteroatoms. The number of benzene rings is 1. The summed E-state index contributed by atoms with van der Waals surface area (Å²) in [7, 11) is 1.69. The fourth-order valence-corrected chi connectivity index (χ4v) is 1.50. The third kappa shape index (κ3) is 1.95. The van der Waals surface area contributed by atoms with Crippen LogP contribution in [-0.2, 0) is 0 Å². The molecule has 0 amide bonds. The summed E-state index contributed by atoms with van der Waals surface area (Å²) in [5.74, 6) is 1.34. The van der Waals surface area contributed by atoms with E-state index >= 15 is 0 Å². The highest BCUT2D eigenvalue weighted by atomic mass is 16.5. The van der Waals surface area contributed by atoms with Gasteiger partial charge in [-0.3, -0.25) is 0 Å². The van der Waals surface area contributed by atoms with Crippen molar-refractivity contribution in [2.24, 2.45) is 0 Å². The highest BCUT2D eigenvalue weighted by Gasteiger charge is 2.09. The minimum Gasteiger partial charge on any atom is -0.496 e. The smallest absolute Gasteiger partial charge is 0.122 e. The van der Waals surface area contributed by atoms with Crippen LogP contribution in [0.25, 0.3) is 0 Å². The average Bonchev–Trinajstić information content (AvgIpc) is 2.16. The molecule has 0 aromatic heterocycles. The summed E-state index contributed by atoms with van der Waals surface area (Å²) < 4.78 is 5.31. The molecule has 0 radical (unpaired) electrons. The van der Waals surface area contributed by atoms with Gasteiger partial charge in [0, 0.05) is 6.21 Å². The maximum Gasteiger partial charge on any atom is 0.122 e. The van der Waals surface area contributed by atoms with Crippen molar-refractivity contribution in [2.45, 2.75) is 26.7 Å². The first kappa shape index (κ1) is 10.8. The molecule has 0 unspecified atom stereocenters. The number of ether oxygens (including phenoxy) is 1. The first-order chi connectivity index (χ1) is 6.60. The molecule has 0 heterocycles. The van der Waals surface area contributed by atoms with Gasteiger partial charge in [-0.2, -0.15) is 0 Å². The van der Waals surface area contributed by atoms with E-state index in [1.165, 1.54) is 6.21 Å². The SMILES string of the molecule is COc1cc(C)c(C=N)cc1C(C)C. The highest BCUT2D eigenvalue weighted by Crippen LogP contribution is 2.28. The zero-order chi connectivity index (χ0) is 10.7. The van der Waals surface area contributed by atoms with Crippen LogP contribution in [0, 0.1) is 12.3 Å². The van der Waals surface area contributed by atoms with E-state index < -0.39 is 0 Å². The van der Waals surface area contributed by atoms with Crippen molar-refractivity contribution in [3.8, 4) is 5.75 Å². The van der Waals surface area contributed by atoms with Gasteiger partial charge in [0.1, 0.15) is 5.75 Å². The quantitative estimate of drug-likeness (QED) is 0.731. The Morgan fingerprint density at radius 1 is 1.36 bits per heavy atom. The Morgan fingerprint density at radius 3 is 2.43 bits per heavy atom. The van der Waals surface area contributed by atoms with Gasteiger partial charge in [0.25, 0.3) is 0 Å². The van der Waals surface area contributed by atoms with Gasteiger partial charge in [-0.1, -0.05) is 13.8 Å². The van der Waals surface area contributed by atoms with Crippen LogP contribution in [0.5, 0.6) is 5.75 Å². The van der Waals surface area contributed by atoms with E-state index in [9.17, 15) is 0 Å². The zero-order valence-electron chi connectivity index (χ0n) is 9.22. The molecule has 1 aromatic carbocycles. The summed E-state index contributed by atoms with van der Waals surface area (Å²) in [5, 5.41) is 7.28. The Kier molecular flexibility index (Phi) is 3.28. The summed E-state index contributed by atoms with van der Waals surface area (Å²) in [4.78, 5) is 0. The van der Waals surface area contributed by atoms with Crippen LogP contribution in [-0.4, -0.2) is 13.3 Å². The van der Waals surface area contributed by atoms with Gasteiger partial charge in [0.05, 0.1) is 7.11 Å². The normalized spacial score (nSPS) is 10.4. The molecule has 2 nitrogen and oxygen atoms in total. The van der Waals surface area contributed by atoms with E-state index in [0.29, 0.717) is 5.92 Å². The lowest BCUT2D eigenvalue weighted by Gasteiger charge is -2.14. The fourth-order valence-electron chi connectivity index (χ4n) is 1.50. The topological polar surface area (TPSA) is 33.1 Å². The molecule has 0 spiro atoms. The minimum atomic E-state index is 0.421. The van der Waals surface area contributed by atoms with Gasteiger partial charge in [-0.15, -0.1) is 0 Å². The molecular formula is C12H17NO. The van der Waals surface area contributed by atoms with Crippen LogP contribution in [0.1, 0.15) is 36.5 Å². The molecule has 0 atom stereocenters. The van der Waals surface area contributed by atoms with Crippen LogP contribution in [0.3, 0.4) is 0 Å². The number of aryl methyl sites for hydroxylation is 1. The summed E-state index contributed by atoms with van der Waals surface area (Å²) in [6.07, 6.45) is 1.39. The number of rotatable bonds is 3. The van der Waals surface area contributed by atoms with Crippen molar-refractivity contribution in [2.75, 3.05) is 7.11 Å². The fraction of sp³-hybridized carbons (Fsp3) is 0.417. The lowest BCUT2D eigenvalue weighted by atomic mass is 9.97. The van der Waals surface area contributed by atoms with Crippen LogP contribution in [0.15, 0.2) is 12.1 Å². The second-order valence-electron chi connectivity index (χ2n) is 3.75. The minimum absolute atomic E-state index is 0.421. The number of hydrogen-bond donors (Lipinski definition) is 1. The van der Waals surface area contributed by atoms with Gasteiger partial charge < -0.3 is 10.1 Å². The summed E-state index contributed by atoms with van der Waals surface area (Å²) in [6.45, 7) is 6.24. The second kappa shape index (κ2) is 4.27. The number of hydrogen-bond acceptors (Lipinski definition) is 2. The molecule has 0 aliphatic rings. The Bertz CT molecular complexity index is 342. The average molecular weight is 191 g/mol. The molecule has 1 rings (SSSR count). The van der Waals surface area contributed by atoms with E-state index in [4.69, 9.17) is 10.1 Å². The van der Waals surface area contributed by atoms with Gasteiger partial charge in [0.15, 0.2) is 0 Å². The molecule has 0 aliphatic heterocycles. The van der Waals surface area contributed by atoms with E-state index in [0.717, 1.165) is 22.4 Å². The van der Waals surface area contributed by atoms with Gasteiger partial charge in [-0.05, 0) is 41.7 Å². The largest absolute Gasteiger partial charge is 0.496 e. The molecule has 1 N–H and O–H groups in total. The summed E-state index contributed by atoms with van der Waals surface area (Å²) in [5.41, 5.74) is 3.22. The van der Waals surface area contributed by atoms with Crippen molar-refractivity contribution in [1.29, 1.82) is 5.41 Å². The van der Waals surface area contributed by atoms with Crippen molar-refractivity contribution in [3.05, 3.63) is 28.8 Å². The molecular weight excluding hydrogens is 174 g/mol. The first-order valence-electron chi connectivity index (χ1n) is 4.79. The lowest BCUT2D eigenvalue weighted by Crippen LogP contribution is -1.98. The Labute approximate surface area is 85.4 Å². The lowest BCUT2D eigenvalue weighted by molar-refractivity contribution is 0.407. The molecule has 0 fully saturated rings. The third-order valence-electron chi connectivity index (χ3n) is 2.40. The summed E-state index contributed by atoms with van der Waals surface area (Å²) in [6, 6.07) is 4.03. The molecule has 1 aromatic rings. The maximum atomic E-state index is 7.28. The van der Waals surface area contributed by atoms with E-state index in [-0.39, 0.29) is 0 Å². The van der Waals surface area contributed by atoms with Crippen molar-refractivity contribution in [1.82, 2.24) is 0 Å². The highest BCUT2D eigenvalue weighted by molar-refractivity contribution is 5.80. The predicted octanol–water partition coefficient (Wildman–Crippen LogP) is 3.12. The van der Waals surface area contributed by atoms with Crippen LogP contribution in [0.2, 0.25) is 0 Å². The van der Waals surface area contributed by atoms with Crippen LogP contribution < -0.4 is 4.74 Å².